The van der Waals surface area contributed by atoms with Crippen LogP contribution < -0.4 is 10.2 Å². The number of halogens is 3. The van der Waals surface area contributed by atoms with Crippen molar-refractivity contribution in [3.05, 3.63) is 93.0 Å². The first-order valence-electron chi connectivity index (χ1n) is 9.57. The molecular weight excluding hydrogens is 445 g/mol. The van der Waals surface area contributed by atoms with Crippen LogP contribution in [0.5, 0.6) is 5.75 Å². The van der Waals surface area contributed by atoms with Crippen molar-refractivity contribution in [3.63, 3.8) is 0 Å². The van der Waals surface area contributed by atoms with Crippen LogP contribution in [-0.4, -0.2) is 4.90 Å². The molecule has 0 spiro atoms. The Morgan fingerprint density at radius 1 is 1.06 bits per heavy atom. The summed E-state index contributed by atoms with van der Waals surface area (Å²) in [7, 11) is -1.81. The average Bonchev–Trinajstić information content (AvgIpc) is 3.14. The Morgan fingerprint density at radius 3 is 2.44 bits per heavy atom. The SMILES string of the molecule is N=[S-](=O)c1ccc(COc2coc(CN3Cc4ccc(C(F)(F)F)cc4C3)cc2=O)cc1. The van der Waals surface area contributed by atoms with E-state index in [-0.39, 0.29) is 24.3 Å². The van der Waals surface area contributed by atoms with Crippen LogP contribution in [0.1, 0.15) is 28.0 Å². The highest BCUT2D eigenvalue weighted by Crippen LogP contribution is 2.33. The average molecular weight is 463 g/mol. The van der Waals surface area contributed by atoms with E-state index >= 15 is 0 Å². The normalized spacial score (nSPS) is 14.0. The van der Waals surface area contributed by atoms with Crippen molar-refractivity contribution in [1.29, 1.82) is 4.78 Å². The van der Waals surface area contributed by atoms with Gasteiger partial charge in [-0.15, -0.1) is 4.90 Å². The molecule has 10 heteroatoms. The fraction of sp³-hybridized carbons (Fsp3) is 0.227. The van der Waals surface area contributed by atoms with Gasteiger partial charge in [-0.2, -0.15) is 23.8 Å². The number of ether oxygens (including phenoxy) is 1. The van der Waals surface area contributed by atoms with E-state index in [1.54, 1.807) is 24.3 Å². The van der Waals surface area contributed by atoms with E-state index in [0.29, 0.717) is 29.3 Å². The highest BCUT2D eigenvalue weighted by atomic mass is 32.2. The van der Waals surface area contributed by atoms with Crippen molar-refractivity contribution in [2.75, 3.05) is 0 Å². The third kappa shape index (κ3) is 5.03. The van der Waals surface area contributed by atoms with Gasteiger partial charge >= 0.3 is 6.18 Å². The summed E-state index contributed by atoms with van der Waals surface area (Å²) in [5.41, 5.74) is 1.12. The molecule has 1 N–H and O–H groups in total. The number of rotatable bonds is 6. The zero-order chi connectivity index (χ0) is 22.9. The number of hydrogen-bond donors (Lipinski definition) is 1. The van der Waals surface area contributed by atoms with Crippen molar-refractivity contribution in [1.82, 2.24) is 4.90 Å². The molecule has 1 aliphatic rings. The van der Waals surface area contributed by atoms with Crippen LogP contribution in [0.25, 0.3) is 0 Å². The molecule has 0 aliphatic carbocycles. The second-order valence-corrected chi connectivity index (χ2v) is 8.41. The first kappa shape index (κ1) is 22.1. The van der Waals surface area contributed by atoms with Gasteiger partial charge in [-0.3, -0.25) is 9.69 Å². The molecule has 0 saturated carbocycles. The van der Waals surface area contributed by atoms with Crippen LogP contribution in [-0.2, 0) is 47.2 Å². The minimum absolute atomic E-state index is 0.0291. The lowest BCUT2D eigenvalue weighted by molar-refractivity contribution is -0.137. The molecule has 0 fully saturated rings. The number of nitrogens with zero attached hydrogens (tertiary/aromatic N) is 1. The highest BCUT2D eigenvalue weighted by molar-refractivity contribution is 7.73. The molecular formula is C22H18F3N2O4S-. The molecule has 0 atom stereocenters. The van der Waals surface area contributed by atoms with Crippen molar-refractivity contribution in [2.45, 2.75) is 37.3 Å². The lowest BCUT2D eigenvalue weighted by Gasteiger charge is -2.14. The standard InChI is InChI=1S/C22H18F3N2O4S/c23-22(24,25)17-4-3-15-9-27(10-16(15)7-17)11-18-8-20(28)21(13-30-18)31-12-14-1-5-19(6-2-14)32(26)29/h1-8,13,26H,9-12H2/q-1. The molecule has 0 unspecified atom stereocenters. The lowest BCUT2D eigenvalue weighted by Crippen LogP contribution is -2.17. The first-order valence-corrected chi connectivity index (χ1v) is 10.7. The summed E-state index contributed by atoms with van der Waals surface area (Å²) >= 11 is 0. The molecule has 3 aromatic rings. The number of benzene rings is 2. The Kier molecular flexibility index (Phi) is 6.07. The summed E-state index contributed by atoms with van der Waals surface area (Å²) in [5.74, 6) is 0.412. The molecule has 0 radical (unpaired) electrons. The summed E-state index contributed by atoms with van der Waals surface area (Å²) < 4.78 is 68.0. The lowest BCUT2D eigenvalue weighted by atomic mass is 10.1. The predicted molar refractivity (Wildman–Crippen MR) is 109 cm³/mol. The monoisotopic (exact) mass is 463 g/mol. The van der Waals surface area contributed by atoms with Crippen LogP contribution in [0.4, 0.5) is 13.2 Å². The minimum Gasteiger partial charge on any atom is -0.482 e. The zero-order valence-corrected chi connectivity index (χ0v) is 17.5. The fourth-order valence-corrected chi connectivity index (χ4v) is 3.85. The topological polar surface area (TPSA) is 83.6 Å². The molecule has 0 bridgehead atoms. The molecule has 0 saturated heterocycles. The third-order valence-electron chi connectivity index (χ3n) is 5.08. The van der Waals surface area contributed by atoms with Crippen molar-refractivity contribution in [3.8, 4) is 5.75 Å². The van der Waals surface area contributed by atoms with Gasteiger partial charge in [-0.1, -0.05) is 30.3 Å². The number of fused-ring (bicyclic) bond motifs is 1. The van der Waals surface area contributed by atoms with Crippen molar-refractivity contribution < 1.29 is 26.5 Å². The Balaban J connectivity index is 1.37. The number of alkyl halides is 3. The van der Waals surface area contributed by atoms with E-state index in [0.717, 1.165) is 23.3 Å². The highest BCUT2D eigenvalue weighted by Gasteiger charge is 2.32. The molecule has 32 heavy (non-hydrogen) atoms. The maximum absolute atomic E-state index is 12.9. The zero-order valence-electron chi connectivity index (χ0n) is 16.6. The van der Waals surface area contributed by atoms with Crippen LogP contribution in [0.3, 0.4) is 0 Å². The summed E-state index contributed by atoms with van der Waals surface area (Å²) in [6.07, 6.45) is -3.16. The van der Waals surface area contributed by atoms with E-state index in [9.17, 15) is 22.2 Å². The smallest absolute Gasteiger partial charge is 0.416 e. The van der Waals surface area contributed by atoms with Gasteiger partial charge in [0.15, 0.2) is 0 Å². The van der Waals surface area contributed by atoms with Gasteiger partial charge in [0.25, 0.3) is 0 Å². The van der Waals surface area contributed by atoms with Crippen molar-refractivity contribution >= 4 is 10.6 Å². The first-order chi connectivity index (χ1) is 15.2. The Bertz CT molecular complexity index is 1260. The van der Waals surface area contributed by atoms with E-state index in [1.807, 2.05) is 4.90 Å². The Morgan fingerprint density at radius 2 is 1.78 bits per heavy atom. The van der Waals surface area contributed by atoms with Gasteiger partial charge in [0.2, 0.25) is 11.2 Å². The molecule has 6 nitrogen and oxygen atoms in total. The maximum Gasteiger partial charge on any atom is 0.416 e. The van der Waals surface area contributed by atoms with Gasteiger partial charge in [0, 0.05) is 19.2 Å². The van der Waals surface area contributed by atoms with Gasteiger partial charge in [-0.05, 0) is 28.8 Å². The molecule has 2 aromatic carbocycles. The fourth-order valence-electron chi connectivity index (χ4n) is 3.47. The van der Waals surface area contributed by atoms with Gasteiger partial charge in [0.1, 0.15) is 18.6 Å². The minimum atomic E-state index is -4.38. The Labute approximate surface area is 183 Å². The van der Waals surface area contributed by atoms with E-state index in [2.05, 4.69) is 0 Å². The molecule has 1 aromatic heterocycles. The second-order valence-electron chi connectivity index (χ2n) is 7.40. The molecule has 1 aliphatic heterocycles. The molecule has 168 valence electrons. The second kappa shape index (κ2) is 8.79. The van der Waals surface area contributed by atoms with E-state index in [4.69, 9.17) is 13.9 Å². The summed E-state index contributed by atoms with van der Waals surface area (Å²) in [5, 5.41) is 0. The summed E-state index contributed by atoms with van der Waals surface area (Å²) in [6.45, 7) is 1.17. The Hall–Kier alpha value is -3.11. The molecule has 0 amide bonds. The van der Waals surface area contributed by atoms with Crippen LogP contribution in [0, 0.1) is 4.78 Å². The van der Waals surface area contributed by atoms with Crippen LogP contribution in [0.15, 0.2) is 68.9 Å². The van der Waals surface area contributed by atoms with Crippen molar-refractivity contribution in [2.24, 2.45) is 0 Å². The van der Waals surface area contributed by atoms with E-state index in [1.165, 1.54) is 18.4 Å². The molecule has 2 heterocycles. The maximum atomic E-state index is 12.9. The number of nitrogens with one attached hydrogen (secondary N) is 1. The van der Waals surface area contributed by atoms with Gasteiger partial charge in [0.05, 0.1) is 12.1 Å². The number of hydrogen-bond acceptors (Lipinski definition) is 7. The van der Waals surface area contributed by atoms with Crippen LogP contribution >= 0.6 is 0 Å². The predicted octanol–water partition coefficient (Wildman–Crippen LogP) is 4.84. The molecule has 4 rings (SSSR count). The van der Waals surface area contributed by atoms with Crippen LogP contribution in [0.2, 0.25) is 0 Å². The largest absolute Gasteiger partial charge is 0.482 e. The third-order valence-corrected chi connectivity index (χ3v) is 5.79. The quantitative estimate of drug-likeness (QED) is 0.529. The van der Waals surface area contributed by atoms with E-state index < -0.39 is 22.3 Å². The van der Waals surface area contributed by atoms with Gasteiger partial charge in [-0.25, -0.2) is 0 Å². The summed E-state index contributed by atoms with van der Waals surface area (Å²) in [4.78, 5) is 14.6. The summed E-state index contributed by atoms with van der Waals surface area (Å²) in [6, 6.07) is 11.5. The van der Waals surface area contributed by atoms with Gasteiger partial charge < -0.3 is 18.1 Å².